The van der Waals surface area contributed by atoms with Gasteiger partial charge in [0, 0.05) is 30.7 Å². The molecule has 0 saturated carbocycles. The third-order valence-corrected chi connectivity index (χ3v) is 3.73. The minimum absolute atomic E-state index is 0.0170. The van der Waals surface area contributed by atoms with E-state index in [1.807, 2.05) is 25.1 Å². The number of anilines is 1. The lowest BCUT2D eigenvalue weighted by atomic mass is 9.85. The maximum Gasteiger partial charge on any atom is 0.233 e. The van der Waals surface area contributed by atoms with E-state index in [0.717, 1.165) is 17.8 Å². The lowest BCUT2D eigenvalue weighted by Crippen LogP contribution is -2.42. The SMILES string of the molecule is CC1NCc2ccccc2C1C(=O)Nc1ccncc1. The van der Waals surface area contributed by atoms with Crippen molar-refractivity contribution in [2.75, 3.05) is 5.32 Å². The molecule has 1 aliphatic heterocycles. The summed E-state index contributed by atoms with van der Waals surface area (Å²) in [6, 6.07) is 11.8. The topological polar surface area (TPSA) is 54.0 Å². The van der Waals surface area contributed by atoms with Gasteiger partial charge in [0.2, 0.25) is 5.91 Å². The molecule has 3 rings (SSSR count). The van der Waals surface area contributed by atoms with E-state index in [0.29, 0.717) is 0 Å². The first-order valence-electron chi connectivity index (χ1n) is 6.78. The number of nitrogens with zero attached hydrogens (tertiary/aromatic N) is 1. The number of hydrogen-bond acceptors (Lipinski definition) is 3. The highest BCUT2D eigenvalue weighted by Crippen LogP contribution is 2.29. The number of carbonyl (C=O) groups is 1. The van der Waals surface area contributed by atoms with Gasteiger partial charge in [0.25, 0.3) is 0 Å². The van der Waals surface area contributed by atoms with E-state index in [1.54, 1.807) is 24.5 Å². The molecule has 102 valence electrons. The zero-order valence-electron chi connectivity index (χ0n) is 11.3. The monoisotopic (exact) mass is 267 g/mol. The summed E-state index contributed by atoms with van der Waals surface area (Å²) in [4.78, 5) is 16.5. The Bertz CT molecular complexity index is 612. The smallest absolute Gasteiger partial charge is 0.233 e. The zero-order chi connectivity index (χ0) is 13.9. The van der Waals surface area contributed by atoms with E-state index < -0.39 is 0 Å². The van der Waals surface area contributed by atoms with Crippen molar-refractivity contribution in [1.82, 2.24) is 10.3 Å². The number of nitrogens with one attached hydrogen (secondary N) is 2. The summed E-state index contributed by atoms with van der Waals surface area (Å²) in [7, 11) is 0. The Balaban J connectivity index is 1.87. The molecule has 0 saturated heterocycles. The van der Waals surface area contributed by atoms with Gasteiger partial charge in [0.05, 0.1) is 5.92 Å². The number of pyridine rings is 1. The zero-order valence-corrected chi connectivity index (χ0v) is 11.3. The van der Waals surface area contributed by atoms with Crippen molar-refractivity contribution in [2.45, 2.75) is 25.4 Å². The molecule has 2 N–H and O–H groups in total. The van der Waals surface area contributed by atoms with E-state index in [2.05, 4.69) is 21.7 Å². The van der Waals surface area contributed by atoms with Crippen LogP contribution in [0.2, 0.25) is 0 Å². The van der Waals surface area contributed by atoms with Gasteiger partial charge in [-0.3, -0.25) is 9.78 Å². The van der Waals surface area contributed by atoms with Crippen molar-refractivity contribution >= 4 is 11.6 Å². The second-order valence-corrected chi connectivity index (χ2v) is 5.07. The molecule has 0 spiro atoms. The van der Waals surface area contributed by atoms with E-state index in [1.165, 1.54) is 5.56 Å². The van der Waals surface area contributed by atoms with Crippen LogP contribution in [0.15, 0.2) is 48.8 Å². The number of benzene rings is 1. The van der Waals surface area contributed by atoms with Gasteiger partial charge >= 0.3 is 0 Å². The van der Waals surface area contributed by atoms with Crippen LogP contribution in [-0.4, -0.2) is 16.9 Å². The number of fused-ring (bicyclic) bond motifs is 1. The number of amides is 1. The molecule has 2 unspecified atom stereocenters. The molecular weight excluding hydrogens is 250 g/mol. The van der Waals surface area contributed by atoms with E-state index in [-0.39, 0.29) is 17.9 Å². The number of carbonyl (C=O) groups excluding carboxylic acids is 1. The molecule has 1 amide bonds. The summed E-state index contributed by atoms with van der Waals surface area (Å²) in [6.07, 6.45) is 3.35. The Morgan fingerprint density at radius 2 is 2.00 bits per heavy atom. The van der Waals surface area contributed by atoms with Crippen LogP contribution in [-0.2, 0) is 11.3 Å². The number of rotatable bonds is 2. The van der Waals surface area contributed by atoms with Gasteiger partial charge in [-0.1, -0.05) is 24.3 Å². The maximum atomic E-state index is 12.6. The molecule has 4 nitrogen and oxygen atoms in total. The van der Waals surface area contributed by atoms with E-state index in [9.17, 15) is 4.79 Å². The minimum Gasteiger partial charge on any atom is -0.325 e. The van der Waals surface area contributed by atoms with Crippen LogP contribution in [0.25, 0.3) is 0 Å². The van der Waals surface area contributed by atoms with Crippen molar-refractivity contribution < 1.29 is 4.79 Å². The lowest BCUT2D eigenvalue weighted by molar-refractivity contribution is -0.118. The van der Waals surface area contributed by atoms with Crippen molar-refractivity contribution in [3.05, 3.63) is 59.9 Å². The van der Waals surface area contributed by atoms with Crippen LogP contribution < -0.4 is 10.6 Å². The molecule has 2 atom stereocenters. The molecular formula is C16H17N3O. The normalized spacial score (nSPS) is 21.1. The van der Waals surface area contributed by atoms with Gasteiger partial charge < -0.3 is 10.6 Å². The molecule has 0 bridgehead atoms. The Morgan fingerprint density at radius 3 is 2.80 bits per heavy atom. The standard InChI is InChI=1S/C16H17N3O/c1-11-15(14-5-3-2-4-12(14)10-18-11)16(20)19-13-6-8-17-9-7-13/h2-9,11,15,18H,10H2,1H3,(H,17,19,20). The highest BCUT2D eigenvalue weighted by molar-refractivity contribution is 5.96. The molecule has 0 radical (unpaired) electrons. The Labute approximate surface area is 118 Å². The van der Waals surface area contributed by atoms with Crippen LogP contribution in [0.3, 0.4) is 0 Å². The first-order chi connectivity index (χ1) is 9.75. The molecule has 0 fully saturated rings. The summed E-state index contributed by atoms with van der Waals surface area (Å²) in [5.74, 6) is -0.156. The van der Waals surface area contributed by atoms with Crippen LogP contribution in [0.5, 0.6) is 0 Å². The van der Waals surface area contributed by atoms with Gasteiger partial charge in [-0.2, -0.15) is 0 Å². The van der Waals surface area contributed by atoms with Gasteiger partial charge in [-0.15, -0.1) is 0 Å². The molecule has 2 aromatic rings. The second-order valence-electron chi connectivity index (χ2n) is 5.07. The Hall–Kier alpha value is -2.20. The number of aromatic nitrogens is 1. The molecule has 1 aromatic carbocycles. The molecule has 4 heteroatoms. The van der Waals surface area contributed by atoms with Crippen molar-refractivity contribution in [2.24, 2.45) is 0 Å². The average Bonchev–Trinajstić information content (AvgIpc) is 2.48. The average molecular weight is 267 g/mol. The summed E-state index contributed by atoms with van der Waals surface area (Å²) >= 11 is 0. The fraction of sp³-hybridized carbons (Fsp3) is 0.250. The summed E-state index contributed by atoms with van der Waals surface area (Å²) < 4.78 is 0. The second kappa shape index (κ2) is 5.43. The highest BCUT2D eigenvalue weighted by atomic mass is 16.1. The summed E-state index contributed by atoms with van der Waals surface area (Å²) in [5.41, 5.74) is 3.09. The van der Waals surface area contributed by atoms with Crippen LogP contribution in [0, 0.1) is 0 Å². The molecule has 20 heavy (non-hydrogen) atoms. The first-order valence-corrected chi connectivity index (χ1v) is 6.78. The lowest BCUT2D eigenvalue weighted by Gasteiger charge is -2.31. The van der Waals surface area contributed by atoms with Crippen molar-refractivity contribution in [3.63, 3.8) is 0 Å². The van der Waals surface area contributed by atoms with E-state index >= 15 is 0 Å². The van der Waals surface area contributed by atoms with Crippen LogP contribution >= 0.6 is 0 Å². The van der Waals surface area contributed by atoms with Crippen LogP contribution in [0.4, 0.5) is 5.69 Å². The predicted molar refractivity (Wildman–Crippen MR) is 78.4 cm³/mol. The third-order valence-electron chi connectivity index (χ3n) is 3.73. The third kappa shape index (κ3) is 2.42. The van der Waals surface area contributed by atoms with Gasteiger partial charge in [0.1, 0.15) is 0 Å². The quantitative estimate of drug-likeness (QED) is 0.878. The maximum absolute atomic E-state index is 12.6. The fourth-order valence-electron chi connectivity index (χ4n) is 2.68. The molecule has 0 aliphatic carbocycles. The molecule has 2 heterocycles. The molecule has 1 aromatic heterocycles. The first kappa shape index (κ1) is 12.8. The van der Waals surface area contributed by atoms with Gasteiger partial charge in [0.15, 0.2) is 0 Å². The van der Waals surface area contributed by atoms with Crippen molar-refractivity contribution in [1.29, 1.82) is 0 Å². The summed E-state index contributed by atoms with van der Waals surface area (Å²) in [5, 5.41) is 6.35. The van der Waals surface area contributed by atoms with Crippen molar-refractivity contribution in [3.8, 4) is 0 Å². The number of hydrogen-bond donors (Lipinski definition) is 2. The fourth-order valence-corrected chi connectivity index (χ4v) is 2.68. The minimum atomic E-state index is -0.173. The van der Waals surface area contributed by atoms with Gasteiger partial charge in [-0.05, 0) is 30.2 Å². The highest BCUT2D eigenvalue weighted by Gasteiger charge is 2.31. The summed E-state index contributed by atoms with van der Waals surface area (Å²) in [6.45, 7) is 2.86. The predicted octanol–water partition coefficient (Wildman–Crippen LogP) is 2.30. The van der Waals surface area contributed by atoms with Crippen LogP contribution in [0.1, 0.15) is 24.0 Å². The Kier molecular flexibility index (Phi) is 3.48. The van der Waals surface area contributed by atoms with E-state index in [4.69, 9.17) is 0 Å². The van der Waals surface area contributed by atoms with Gasteiger partial charge in [-0.25, -0.2) is 0 Å². The molecule has 1 aliphatic rings. The largest absolute Gasteiger partial charge is 0.325 e. The Morgan fingerprint density at radius 1 is 1.25 bits per heavy atom.